The monoisotopic (exact) mass is 323 g/mol. The van der Waals surface area contributed by atoms with Crippen molar-refractivity contribution in [1.29, 1.82) is 0 Å². The van der Waals surface area contributed by atoms with Crippen molar-refractivity contribution in [3.8, 4) is 5.75 Å². The predicted molar refractivity (Wildman–Crippen MR) is 91.0 cm³/mol. The van der Waals surface area contributed by atoms with Crippen molar-refractivity contribution in [3.05, 3.63) is 57.6 Å². The highest BCUT2D eigenvalue weighted by atomic mass is 35.5. The second-order valence-corrected chi connectivity index (χ2v) is 6.00. The van der Waals surface area contributed by atoms with Crippen LogP contribution in [0.1, 0.15) is 18.1 Å². The van der Waals surface area contributed by atoms with E-state index in [9.17, 15) is 0 Å². The lowest BCUT2D eigenvalue weighted by molar-refractivity contribution is 0.231. The van der Waals surface area contributed by atoms with Crippen LogP contribution in [0.15, 0.2) is 36.4 Å². The van der Waals surface area contributed by atoms with Crippen LogP contribution in [-0.2, 0) is 0 Å². The van der Waals surface area contributed by atoms with Gasteiger partial charge in [-0.2, -0.15) is 0 Å². The number of hydrogen-bond donors (Lipinski definition) is 1. The first-order valence-electron chi connectivity index (χ1n) is 6.89. The van der Waals surface area contributed by atoms with E-state index in [1.807, 2.05) is 25.1 Å². The molecule has 21 heavy (non-hydrogen) atoms. The third-order valence-corrected chi connectivity index (χ3v) is 3.79. The molecule has 0 fully saturated rings. The number of aryl methyl sites for hydroxylation is 2. The highest BCUT2D eigenvalue weighted by Gasteiger charge is 2.09. The van der Waals surface area contributed by atoms with Gasteiger partial charge in [-0.15, -0.1) is 0 Å². The Morgan fingerprint density at radius 2 is 1.76 bits per heavy atom. The van der Waals surface area contributed by atoms with Gasteiger partial charge in [0.2, 0.25) is 0 Å². The van der Waals surface area contributed by atoms with E-state index in [4.69, 9.17) is 27.9 Å². The fourth-order valence-corrected chi connectivity index (χ4v) is 2.59. The number of anilines is 1. The van der Waals surface area contributed by atoms with Crippen molar-refractivity contribution in [3.63, 3.8) is 0 Å². The molecule has 0 heterocycles. The molecular formula is C17H19Cl2NO. The van der Waals surface area contributed by atoms with Crippen LogP contribution >= 0.6 is 23.2 Å². The summed E-state index contributed by atoms with van der Waals surface area (Å²) in [7, 11) is 0. The van der Waals surface area contributed by atoms with E-state index < -0.39 is 0 Å². The lowest BCUT2D eigenvalue weighted by Crippen LogP contribution is -2.23. The minimum atomic E-state index is 0.0246. The van der Waals surface area contributed by atoms with Crippen LogP contribution in [-0.4, -0.2) is 12.6 Å². The number of benzene rings is 2. The molecule has 0 amide bonds. The van der Waals surface area contributed by atoms with Crippen LogP contribution < -0.4 is 10.1 Å². The van der Waals surface area contributed by atoms with Gasteiger partial charge in [0.1, 0.15) is 11.9 Å². The van der Waals surface area contributed by atoms with E-state index in [1.54, 1.807) is 6.07 Å². The molecule has 0 radical (unpaired) electrons. The number of nitrogens with one attached hydrogen (secondary N) is 1. The van der Waals surface area contributed by atoms with Gasteiger partial charge in [0.15, 0.2) is 0 Å². The number of rotatable bonds is 5. The fraction of sp³-hybridized carbons (Fsp3) is 0.294. The average molecular weight is 324 g/mol. The maximum atomic E-state index is 6.14. The van der Waals surface area contributed by atoms with E-state index in [2.05, 4.69) is 31.3 Å². The molecule has 0 saturated carbocycles. The van der Waals surface area contributed by atoms with Crippen molar-refractivity contribution < 1.29 is 4.74 Å². The van der Waals surface area contributed by atoms with Crippen molar-refractivity contribution in [1.82, 2.24) is 0 Å². The molecule has 0 spiro atoms. The molecule has 0 bridgehead atoms. The zero-order valence-electron chi connectivity index (χ0n) is 12.4. The van der Waals surface area contributed by atoms with Crippen LogP contribution in [0.25, 0.3) is 0 Å². The first kappa shape index (κ1) is 16.0. The van der Waals surface area contributed by atoms with Crippen LogP contribution in [0, 0.1) is 13.8 Å². The smallest absolute Gasteiger partial charge is 0.125 e. The standard InChI is InChI=1S/C17H19Cl2NO/c1-11-5-4-6-12(2)17(11)21-13(3)10-20-16-8-7-14(18)9-15(16)19/h4-9,13,20H,10H2,1-3H3. The molecular weight excluding hydrogens is 305 g/mol. The zero-order valence-corrected chi connectivity index (χ0v) is 13.9. The molecule has 1 atom stereocenters. The molecule has 4 heteroatoms. The maximum Gasteiger partial charge on any atom is 0.125 e. The number of hydrogen-bond acceptors (Lipinski definition) is 2. The Kier molecular flexibility index (Phi) is 5.38. The first-order chi connectivity index (χ1) is 9.97. The van der Waals surface area contributed by atoms with Crippen LogP contribution in [0.3, 0.4) is 0 Å². The Hall–Kier alpha value is -1.38. The van der Waals surface area contributed by atoms with Gasteiger partial charge in [-0.3, -0.25) is 0 Å². The van der Waals surface area contributed by atoms with Crippen LogP contribution in [0.2, 0.25) is 10.0 Å². The van der Waals surface area contributed by atoms with E-state index >= 15 is 0 Å². The normalized spacial score (nSPS) is 12.0. The molecule has 1 N–H and O–H groups in total. The summed E-state index contributed by atoms with van der Waals surface area (Å²) in [6.07, 6.45) is 0.0246. The van der Waals surface area contributed by atoms with Gasteiger partial charge in [-0.1, -0.05) is 41.4 Å². The molecule has 1 unspecified atom stereocenters. The first-order valence-corrected chi connectivity index (χ1v) is 7.64. The number of para-hydroxylation sites is 1. The summed E-state index contributed by atoms with van der Waals surface area (Å²) in [5.41, 5.74) is 3.15. The number of halogens is 2. The molecule has 2 rings (SSSR count). The minimum absolute atomic E-state index is 0.0246. The quantitative estimate of drug-likeness (QED) is 0.785. The molecule has 0 saturated heterocycles. The molecule has 0 aliphatic rings. The Morgan fingerprint density at radius 1 is 1.10 bits per heavy atom. The van der Waals surface area contributed by atoms with E-state index in [0.29, 0.717) is 16.6 Å². The Bertz CT molecular complexity index is 608. The Balaban J connectivity index is 1.97. The zero-order chi connectivity index (χ0) is 15.4. The van der Waals surface area contributed by atoms with Crippen LogP contribution in [0.4, 0.5) is 5.69 Å². The van der Waals surface area contributed by atoms with Gasteiger partial charge in [-0.05, 0) is 50.1 Å². The largest absolute Gasteiger partial charge is 0.488 e. The maximum absolute atomic E-state index is 6.14. The summed E-state index contributed by atoms with van der Waals surface area (Å²) in [5.74, 6) is 0.953. The molecule has 0 aliphatic heterocycles. The van der Waals surface area contributed by atoms with Gasteiger partial charge in [-0.25, -0.2) is 0 Å². The van der Waals surface area contributed by atoms with Crippen molar-refractivity contribution in [2.75, 3.05) is 11.9 Å². The van der Waals surface area contributed by atoms with Crippen molar-refractivity contribution in [2.45, 2.75) is 26.9 Å². The Morgan fingerprint density at radius 3 is 2.38 bits per heavy atom. The lowest BCUT2D eigenvalue weighted by Gasteiger charge is -2.19. The van der Waals surface area contributed by atoms with Gasteiger partial charge in [0.25, 0.3) is 0 Å². The summed E-state index contributed by atoms with van der Waals surface area (Å²) < 4.78 is 6.03. The summed E-state index contributed by atoms with van der Waals surface area (Å²) in [4.78, 5) is 0. The topological polar surface area (TPSA) is 21.3 Å². The molecule has 0 aromatic heterocycles. The molecule has 112 valence electrons. The Labute approximate surface area is 136 Å². The van der Waals surface area contributed by atoms with E-state index in [-0.39, 0.29) is 6.10 Å². The fourth-order valence-electron chi connectivity index (χ4n) is 2.11. The summed E-state index contributed by atoms with van der Waals surface area (Å²) >= 11 is 12.0. The average Bonchev–Trinajstić information content (AvgIpc) is 2.42. The molecule has 0 aliphatic carbocycles. The highest BCUT2D eigenvalue weighted by molar-refractivity contribution is 6.36. The summed E-state index contributed by atoms with van der Waals surface area (Å²) in [6, 6.07) is 11.6. The van der Waals surface area contributed by atoms with Gasteiger partial charge in [0, 0.05) is 5.02 Å². The third kappa shape index (κ3) is 4.29. The van der Waals surface area contributed by atoms with Gasteiger partial charge < -0.3 is 10.1 Å². The van der Waals surface area contributed by atoms with Crippen LogP contribution in [0.5, 0.6) is 5.75 Å². The molecule has 2 aromatic rings. The summed E-state index contributed by atoms with van der Waals surface area (Å²) in [6.45, 7) is 6.80. The lowest BCUT2D eigenvalue weighted by atomic mass is 10.1. The van der Waals surface area contributed by atoms with E-state index in [1.165, 1.54) is 0 Å². The molecule has 2 aromatic carbocycles. The third-order valence-electron chi connectivity index (χ3n) is 3.24. The van der Waals surface area contributed by atoms with Crippen molar-refractivity contribution in [2.24, 2.45) is 0 Å². The molecule has 2 nitrogen and oxygen atoms in total. The highest BCUT2D eigenvalue weighted by Crippen LogP contribution is 2.26. The van der Waals surface area contributed by atoms with Crippen molar-refractivity contribution >= 4 is 28.9 Å². The number of ether oxygens (including phenoxy) is 1. The second kappa shape index (κ2) is 7.06. The second-order valence-electron chi connectivity index (χ2n) is 5.15. The van der Waals surface area contributed by atoms with Gasteiger partial charge in [0.05, 0.1) is 17.3 Å². The SMILES string of the molecule is Cc1cccc(C)c1OC(C)CNc1ccc(Cl)cc1Cl. The van der Waals surface area contributed by atoms with E-state index in [0.717, 1.165) is 22.6 Å². The van der Waals surface area contributed by atoms with Gasteiger partial charge >= 0.3 is 0 Å². The minimum Gasteiger partial charge on any atom is -0.488 e. The summed E-state index contributed by atoms with van der Waals surface area (Å²) in [5, 5.41) is 4.53. The predicted octanol–water partition coefficient (Wildman–Crippen LogP) is 5.49.